The molecule has 2 aromatic rings. The molecule has 324 valence electrons. The van der Waals surface area contributed by atoms with Gasteiger partial charge in [-0.05, 0) is 34.1 Å². The Hall–Kier alpha value is -4.86. The molecule has 0 bridgehead atoms. The molecule has 0 unspecified atom stereocenters. The Morgan fingerprint density at radius 2 is 1.54 bits per heavy atom. The summed E-state index contributed by atoms with van der Waals surface area (Å²) < 4.78 is 4.91. The van der Waals surface area contributed by atoms with Gasteiger partial charge in [0, 0.05) is 24.0 Å². The average Bonchev–Trinajstić information content (AvgIpc) is 3.83. The quantitative estimate of drug-likeness (QED) is 0.221. The smallest absolute Gasteiger partial charge is 0.308 e. The monoisotopic (exact) mass is 836 g/mol. The number of methoxy groups -OCH3 is 1. The first-order valence-corrected chi connectivity index (χ1v) is 21.1. The maximum Gasteiger partial charge on any atom is 0.308 e. The summed E-state index contributed by atoms with van der Waals surface area (Å²) in [5.74, 6) is -3.25. The van der Waals surface area contributed by atoms with E-state index < -0.39 is 82.1 Å². The van der Waals surface area contributed by atoms with Gasteiger partial charge in [0.05, 0.1) is 25.6 Å². The van der Waals surface area contributed by atoms with Crippen molar-refractivity contribution in [3.8, 4) is 0 Å². The second-order valence-corrected chi connectivity index (χ2v) is 19.9. The number of fused-ring (bicyclic) bond motifs is 1. The summed E-state index contributed by atoms with van der Waals surface area (Å²) in [6, 6.07) is 3.73. The zero-order chi connectivity index (χ0) is 44.0. The van der Waals surface area contributed by atoms with Crippen LogP contribution in [0.25, 0.3) is 0 Å². The number of carbonyl (C=O) groups is 6. The van der Waals surface area contributed by atoms with Crippen LogP contribution in [0, 0.1) is 22.2 Å². The van der Waals surface area contributed by atoms with E-state index in [2.05, 4.69) is 31.6 Å². The molecule has 5 N–H and O–H groups in total. The highest BCUT2D eigenvalue weighted by atomic mass is 32.1. The Labute approximate surface area is 352 Å². The predicted molar refractivity (Wildman–Crippen MR) is 227 cm³/mol. The third-order valence-corrected chi connectivity index (χ3v) is 11.9. The van der Waals surface area contributed by atoms with Gasteiger partial charge in [0.25, 0.3) is 0 Å². The number of aliphatic imine (C=N–C) groups is 1. The van der Waals surface area contributed by atoms with E-state index in [0.717, 1.165) is 5.56 Å². The topological polar surface area (TPSA) is 200 Å². The van der Waals surface area contributed by atoms with Crippen LogP contribution < -0.4 is 26.6 Å². The molecule has 2 aliphatic rings. The van der Waals surface area contributed by atoms with Crippen LogP contribution in [-0.4, -0.2) is 102 Å². The molecule has 0 spiro atoms. The molecule has 59 heavy (non-hydrogen) atoms. The number of nitrogens with zero attached hydrogens (tertiary/aromatic N) is 3. The summed E-state index contributed by atoms with van der Waals surface area (Å²) in [4.78, 5) is 94.3. The average molecular weight is 837 g/mol. The van der Waals surface area contributed by atoms with Crippen molar-refractivity contribution in [2.75, 3.05) is 20.2 Å². The van der Waals surface area contributed by atoms with Crippen LogP contribution in [-0.2, 0) is 33.5 Å². The zero-order valence-corrected chi connectivity index (χ0v) is 37.4. The van der Waals surface area contributed by atoms with E-state index in [1.165, 1.54) is 23.3 Å². The minimum atomic E-state index is -1.13. The second-order valence-electron chi connectivity index (χ2n) is 19.0. The number of benzene rings is 1. The minimum absolute atomic E-state index is 0.135. The van der Waals surface area contributed by atoms with Gasteiger partial charge in [-0.1, -0.05) is 106 Å². The van der Waals surface area contributed by atoms with Crippen LogP contribution in [0.2, 0.25) is 0 Å². The summed E-state index contributed by atoms with van der Waals surface area (Å²) in [5.41, 5.74) is -1.43. The van der Waals surface area contributed by atoms with E-state index >= 15 is 0 Å². The van der Waals surface area contributed by atoms with Gasteiger partial charge in [0.1, 0.15) is 41.6 Å². The maximum atomic E-state index is 14.8. The Balaban J connectivity index is 1.77. The lowest BCUT2D eigenvalue weighted by Crippen LogP contribution is -2.65. The van der Waals surface area contributed by atoms with Crippen molar-refractivity contribution in [3.63, 3.8) is 0 Å². The summed E-state index contributed by atoms with van der Waals surface area (Å²) in [5, 5.41) is 17.7. The second kappa shape index (κ2) is 19.0. The van der Waals surface area contributed by atoms with E-state index in [-0.39, 0.29) is 36.5 Å². The number of hydrogen-bond acceptors (Lipinski definition) is 11. The Kier molecular flexibility index (Phi) is 15.1. The number of hydrogen-bond donors (Lipinski definition) is 5. The molecule has 3 heterocycles. The fraction of sp³-hybridized carbons (Fsp3) is 0.628. The zero-order valence-electron chi connectivity index (χ0n) is 36.6. The molecule has 4 rings (SSSR count). The van der Waals surface area contributed by atoms with Gasteiger partial charge >= 0.3 is 5.97 Å². The fourth-order valence-electron chi connectivity index (χ4n) is 7.46. The number of rotatable bonds is 10. The van der Waals surface area contributed by atoms with Gasteiger partial charge in [0.15, 0.2) is 0 Å². The maximum absolute atomic E-state index is 14.8. The lowest BCUT2D eigenvalue weighted by molar-refractivity contribution is -0.141. The van der Waals surface area contributed by atoms with E-state index in [4.69, 9.17) is 9.73 Å². The van der Waals surface area contributed by atoms with Crippen LogP contribution in [0.3, 0.4) is 0 Å². The van der Waals surface area contributed by atoms with Crippen LogP contribution >= 0.6 is 11.3 Å². The molecule has 1 saturated heterocycles. The summed E-state index contributed by atoms with van der Waals surface area (Å²) in [6.07, 6.45) is 2.03. The normalized spacial score (nSPS) is 22.8. The van der Waals surface area contributed by atoms with Crippen molar-refractivity contribution in [2.24, 2.45) is 27.2 Å². The van der Waals surface area contributed by atoms with Crippen molar-refractivity contribution in [3.05, 3.63) is 52.5 Å². The highest BCUT2D eigenvalue weighted by Crippen LogP contribution is 2.30. The van der Waals surface area contributed by atoms with Crippen molar-refractivity contribution in [1.29, 1.82) is 0 Å². The van der Waals surface area contributed by atoms with Crippen LogP contribution in [0.4, 0.5) is 0 Å². The molecule has 15 nitrogen and oxygen atoms in total. The van der Waals surface area contributed by atoms with Gasteiger partial charge in [-0.2, -0.15) is 0 Å². The fourth-order valence-corrected chi connectivity index (χ4v) is 8.15. The number of thiazole rings is 1. The SMILES string of the molecule is COC(=O)C[C@@H](NC(=O)[C@@H](NC(=O)[C@@H](NC1=NCC(=O)N2CC[C@@H](C)[C@H]2C(=O)N[C@@H](C(C)(C)C)C(=O)N[C@H]1C(C)(C)C)C(C)(C)C)[C@@H](C)c1ccccc1)c1nccs1. The van der Waals surface area contributed by atoms with E-state index in [0.29, 0.717) is 18.0 Å². The molecule has 5 amide bonds. The molecule has 8 atom stereocenters. The Bertz CT molecular complexity index is 1850. The highest BCUT2D eigenvalue weighted by molar-refractivity contribution is 7.09. The third-order valence-electron chi connectivity index (χ3n) is 11.0. The highest BCUT2D eigenvalue weighted by Gasteiger charge is 2.45. The number of amides is 5. The Morgan fingerprint density at radius 3 is 2.10 bits per heavy atom. The van der Waals surface area contributed by atoms with Crippen molar-refractivity contribution >= 4 is 52.7 Å². The van der Waals surface area contributed by atoms with Crippen molar-refractivity contribution in [1.82, 2.24) is 36.5 Å². The molecule has 16 heteroatoms. The van der Waals surface area contributed by atoms with Crippen molar-refractivity contribution < 1.29 is 33.5 Å². The largest absolute Gasteiger partial charge is 0.469 e. The standard InChI is InChI=1S/C43H64N8O7S/c1-24-18-20-51-28(52)23-45-35(32(41(3,4)5)49-39(57)34(43(9,10)11)50-37(55)31(24)51)48-33(42(6,7)8)38(56)47-30(25(2)26-16-14-13-15-17-26)36(54)46-27(22-29(53)58-12)40-44-19-21-59-40/h13-17,19,21,24-25,27,30-34H,18,20,22-23H2,1-12H3,(H,45,48)(H,46,54)(H,47,56)(H,49,57)(H,50,55)/t24-,25+,27-,30+,31+,32-,33-,34-/m1/s1. The lowest BCUT2D eigenvalue weighted by atomic mass is 9.81. The van der Waals surface area contributed by atoms with Gasteiger partial charge in [-0.3, -0.25) is 33.8 Å². The van der Waals surface area contributed by atoms with Gasteiger partial charge in [0.2, 0.25) is 29.5 Å². The number of amidine groups is 1. The van der Waals surface area contributed by atoms with E-state index in [1.54, 1.807) is 11.6 Å². The first kappa shape index (κ1) is 46.8. The van der Waals surface area contributed by atoms with Gasteiger partial charge in [-0.25, -0.2) is 4.98 Å². The van der Waals surface area contributed by atoms with Crippen molar-refractivity contribution in [2.45, 2.75) is 131 Å². The number of ether oxygens (including phenoxy) is 1. The summed E-state index contributed by atoms with van der Waals surface area (Å²) in [7, 11) is 1.27. The van der Waals surface area contributed by atoms with Crippen LogP contribution in [0.1, 0.15) is 112 Å². The molecule has 0 radical (unpaired) electrons. The molecular formula is C43H64N8O7S. The number of carbonyl (C=O) groups excluding carboxylic acids is 6. The first-order chi connectivity index (χ1) is 27.4. The van der Waals surface area contributed by atoms with Gasteiger partial charge in [-0.15, -0.1) is 11.3 Å². The molecule has 1 fully saturated rings. The molecule has 1 aromatic carbocycles. The summed E-state index contributed by atoms with van der Waals surface area (Å²) >= 11 is 1.28. The molecule has 0 aliphatic carbocycles. The van der Waals surface area contributed by atoms with E-state index in [1.807, 2.05) is 106 Å². The van der Waals surface area contributed by atoms with Crippen LogP contribution in [0.5, 0.6) is 0 Å². The number of esters is 1. The Morgan fingerprint density at radius 1 is 0.915 bits per heavy atom. The minimum Gasteiger partial charge on any atom is -0.469 e. The summed E-state index contributed by atoms with van der Waals surface area (Å²) in [6.45, 7) is 20.7. The molecule has 2 aliphatic heterocycles. The van der Waals surface area contributed by atoms with E-state index in [9.17, 15) is 28.8 Å². The predicted octanol–water partition coefficient (Wildman–Crippen LogP) is 3.87. The number of aromatic nitrogens is 1. The molecular weight excluding hydrogens is 773 g/mol. The molecule has 1 aromatic heterocycles. The van der Waals surface area contributed by atoms with Gasteiger partial charge < -0.3 is 36.2 Å². The molecule has 0 saturated carbocycles. The number of nitrogens with one attached hydrogen (secondary N) is 5. The van der Waals surface area contributed by atoms with Crippen LogP contribution in [0.15, 0.2) is 46.9 Å². The first-order valence-electron chi connectivity index (χ1n) is 20.3. The third kappa shape index (κ3) is 11.9. The lowest BCUT2D eigenvalue weighted by Gasteiger charge is -2.40.